The van der Waals surface area contributed by atoms with Crippen LogP contribution in [0, 0.1) is 0 Å². The summed E-state index contributed by atoms with van der Waals surface area (Å²) >= 11 is 6.27. The van der Waals surface area contributed by atoms with Gasteiger partial charge in [-0.2, -0.15) is 0 Å². The molecule has 106 valence electrons. The van der Waals surface area contributed by atoms with E-state index in [0.29, 0.717) is 6.54 Å². The predicted octanol–water partition coefficient (Wildman–Crippen LogP) is 2.92. The summed E-state index contributed by atoms with van der Waals surface area (Å²) < 4.78 is 0. The van der Waals surface area contributed by atoms with Crippen LogP contribution in [0.3, 0.4) is 0 Å². The fraction of sp³-hybridized carbons (Fsp3) is 0.312. The summed E-state index contributed by atoms with van der Waals surface area (Å²) in [4.78, 5) is 6.52. The van der Waals surface area contributed by atoms with Gasteiger partial charge in [0.2, 0.25) is 0 Å². The molecule has 0 aliphatic heterocycles. The van der Waals surface area contributed by atoms with Crippen LogP contribution in [0.2, 0.25) is 5.02 Å². The Bertz CT molecular complexity index is 543. The minimum Gasteiger partial charge on any atom is -0.374 e. The van der Waals surface area contributed by atoms with Gasteiger partial charge in [0.1, 0.15) is 0 Å². The van der Waals surface area contributed by atoms with Gasteiger partial charge < -0.3 is 10.6 Å². The van der Waals surface area contributed by atoms with Crippen LogP contribution < -0.4 is 10.6 Å². The van der Waals surface area contributed by atoms with Crippen molar-refractivity contribution in [3.63, 3.8) is 0 Å². The highest BCUT2D eigenvalue weighted by molar-refractivity contribution is 6.31. The molecule has 3 nitrogen and oxygen atoms in total. The van der Waals surface area contributed by atoms with Crippen molar-refractivity contribution in [3.05, 3.63) is 58.9 Å². The van der Waals surface area contributed by atoms with E-state index in [-0.39, 0.29) is 0 Å². The number of hydrogen-bond donors (Lipinski definition) is 1. The van der Waals surface area contributed by atoms with Gasteiger partial charge in [-0.15, -0.1) is 0 Å². The van der Waals surface area contributed by atoms with Crippen molar-refractivity contribution >= 4 is 17.3 Å². The van der Waals surface area contributed by atoms with E-state index >= 15 is 0 Å². The Balaban J connectivity index is 1.98. The number of likely N-dealkylation sites (N-methyl/N-ethyl adjacent to an activating group) is 1. The second-order valence-corrected chi connectivity index (χ2v) is 5.21. The number of pyridine rings is 1. The third kappa shape index (κ3) is 3.95. The van der Waals surface area contributed by atoms with E-state index in [1.807, 2.05) is 30.5 Å². The molecular formula is C16H20ClN3. The smallest absolute Gasteiger partial charge is 0.0459 e. The van der Waals surface area contributed by atoms with E-state index in [9.17, 15) is 0 Å². The third-order valence-electron chi connectivity index (χ3n) is 3.32. The number of rotatable bonds is 6. The summed E-state index contributed by atoms with van der Waals surface area (Å²) in [5.74, 6) is 0. The van der Waals surface area contributed by atoms with Crippen LogP contribution in [-0.2, 0) is 12.8 Å². The Hall–Kier alpha value is -1.58. The summed E-state index contributed by atoms with van der Waals surface area (Å²) in [7, 11) is 2.07. The average molecular weight is 290 g/mol. The maximum atomic E-state index is 6.27. The van der Waals surface area contributed by atoms with Gasteiger partial charge in [0, 0.05) is 42.6 Å². The summed E-state index contributed by atoms with van der Waals surface area (Å²) in [6.07, 6.45) is 3.56. The fourth-order valence-electron chi connectivity index (χ4n) is 2.09. The van der Waals surface area contributed by atoms with Crippen LogP contribution in [-0.4, -0.2) is 25.1 Å². The molecule has 20 heavy (non-hydrogen) atoms. The van der Waals surface area contributed by atoms with E-state index in [0.717, 1.165) is 41.4 Å². The number of aromatic nitrogens is 1. The highest BCUT2D eigenvalue weighted by Gasteiger charge is 2.05. The van der Waals surface area contributed by atoms with Crippen molar-refractivity contribution in [2.45, 2.75) is 12.8 Å². The van der Waals surface area contributed by atoms with Crippen LogP contribution in [0.25, 0.3) is 0 Å². The van der Waals surface area contributed by atoms with E-state index in [1.165, 1.54) is 0 Å². The minimum atomic E-state index is 0.620. The number of nitrogens with zero attached hydrogens (tertiary/aromatic N) is 2. The molecule has 0 aliphatic rings. The Morgan fingerprint density at radius 3 is 2.70 bits per heavy atom. The van der Waals surface area contributed by atoms with Crippen molar-refractivity contribution in [3.8, 4) is 0 Å². The average Bonchev–Trinajstić information content (AvgIpc) is 2.48. The number of hydrogen-bond acceptors (Lipinski definition) is 3. The van der Waals surface area contributed by atoms with Crippen LogP contribution >= 0.6 is 11.6 Å². The first-order valence-electron chi connectivity index (χ1n) is 6.80. The molecule has 1 heterocycles. The lowest BCUT2D eigenvalue weighted by Crippen LogP contribution is -2.20. The quantitative estimate of drug-likeness (QED) is 0.889. The van der Waals surface area contributed by atoms with Crippen LogP contribution in [0.15, 0.2) is 42.6 Å². The Labute approximate surface area is 125 Å². The first kappa shape index (κ1) is 14.8. The number of benzene rings is 1. The van der Waals surface area contributed by atoms with Crippen LogP contribution in [0.1, 0.15) is 11.3 Å². The Morgan fingerprint density at radius 1 is 1.20 bits per heavy atom. The summed E-state index contributed by atoms with van der Waals surface area (Å²) in [6, 6.07) is 12.1. The molecule has 0 radical (unpaired) electrons. The van der Waals surface area contributed by atoms with E-state index in [2.05, 4.69) is 29.1 Å². The maximum absolute atomic E-state index is 6.27. The zero-order valence-corrected chi connectivity index (χ0v) is 12.5. The van der Waals surface area contributed by atoms with Gasteiger partial charge in [0.05, 0.1) is 0 Å². The summed E-state index contributed by atoms with van der Waals surface area (Å²) in [5.41, 5.74) is 8.89. The molecule has 4 heteroatoms. The molecule has 0 saturated heterocycles. The third-order valence-corrected chi connectivity index (χ3v) is 3.67. The highest BCUT2D eigenvalue weighted by atomic mass is 35.5. The van der Waals surface area contributed by atoms with Gasteiger partial charge in [0.15, 0.2) is 0 Å². The lowest BCUT2D eigenvalue weighted by molar-refractivity contribution is 0.852. The molecule has 2 N–H and O–H groups in total. The molecule has 0 atom stereocenters. The second-order valence-electron chi connectivity index (χ2n) is 4.81. The molecule has 0 spiro atoms. The Morgan fingerprint density at radius 2 is 2.05 bits per heavy atom. The van der Waals surface area contributed by atoms with Gasteiger partial charge in [-0.3, -0.25) is 4.98 Å². The van der Waals surface area contributed by atoms with Crippen molar-refractivity contribution in [2.75, 3.05) is 25.0 Å². The largest absolute Gasteiger partial charge is 0.374 e. The van der Waals surface area contributed by atoms with Crippen molar-refractivity contribution in [2.24, 2.45) is 5.73 Å². The lowest BCUT2D eigenvalue weighted by Gasteiger charge is -2.20. The summed E-state index contributed by atoms with van der Waals surface area (Å²) in [6.45, 7) is 1.53. The zero-order chi connectivity index (χ0) is 14.4. The molecule has 0 amide bonds. The van der Waals surface area contributed by atoms with Crippen molar-refractivity contribution < 1.29 is 0 Å². The molecule has 0 unspecified atom stereocenters. The normalized spacial score (nSPS) is 10.6. The molecule has 2 rings (SSSR count). The van der Waals surface area contributed by atoms with Crippen LogP contribution in [0.5, 0.6) is 0 Å². The predicted molar refractivity (Wildman–Crippen MR) is 85.4 cm³/mol. The van der Waals surface area contributed by atoms with Gasteiger partial charge in [-0.05, 0) is 42.8 Å². The lowest BCUT2D eigenvalue weighted by atomic mass is 10.1. The molecular weight excluding hydrogens is 270 g/mol. The zero-order valence-electron chi connectivity index (χ0n) is 11.7. The molecule has 2 aromatic rings. The molecule has 0 saturated carbocycles. The first-order valence-corrected chi connectivity index (χ1v) is 7.18. The monoisotopic (exact) mass is 289 g/mol. The van der Waals surface area contributed by atoms with Gasteiger partial charge >= 0.3 is 0 Å². The van der Waals surface area contributed by atoms with Gasteiger partial charge in [0.25, 0.3) is 0 Å². The number of nitrogens with two attached hydrogens (primary N) is 1. The fourth-order valence-corrected chi connectivity index (χ4v) is 2.36. The molecule has 1 aromatic heterocycles. The topological polar surface area (TPSA) is 42.2 Å². The standard InChI is InChI=1S/C16H20ClN3/c1-20(11-8-14-4-2-3-10-19-14)15-6-5-13(7-9-18)16(17)12-15/h2-6,10,12H,7-9,11,18H2,1H3. The van der Waals surface area contributed by atoms with Crippen molar-refractivity contribution in [1.29, 1.82) is 0 Å². The van der Waals surface area contributed by atoms with E-state index in [4.69, 9.17) is 17.3 Å². The molecule has 0 bridgehead atoms. The summed E-state index contributed by atoms with van der Waals surface area (Å²) in [5, 5.41) is 0.789. The SMILES string of the molecule is CN(CCc1ccccn1)c1ccc(CCN)c(Cl)c1. The van der Waals surface area contributed by atoms with Crippen LogP contribution in [0.4, 0.5) is 5.69 Å². The van der Waals surface area contributed by atoms with Crippen molar-refractivity contribution in [1.82, 2.24) is 4.98 Å². The molecule has 1 aromatic carbocycles. The first-order chi connectivity index (χ1) is 9.70. The molecule has 0 aliphatic carbocycles. The second kappa shape index (κ2) is 7.27. The highest BCUT2D eigenvalue weighted by Crippen LogP contribution is 2.23. The number of anilines is 1. The van der Waals surface area contributed by atoms with Gasteiger partial charge in [-0.25, -0.2) is 0 Å². The Kier molecular flexibility index (Phi) is 5.39. The van der Waals surface area contributed by atoms with E-state index in [1.54, 1.807) is 0 Å². The molecule has 0 fully saturated rings. The van der Waals surface area contributed by atoms with Gasteiger partial charge in [-0.1, -0.05) is 23.7 Å². The van der Waals surface area contributed by atoms with E-state index < -0.39 is 0 Å². The minimum absolute atomic E-state index is 0.620. The number of halogens is 1. The maximum Gasteiger partial charge on any atom is 0.0459 e.